The molecule has 4 rings (SSSR count). The number of likely N-dealkylation sites (N-methyl/N-ethyl adjacent to an activating group) is 1. The number of thiazole rings is 1. The quantitative estimate of drug-likeness (QED) is 0.492. The summed E-state index contributed by atoms with van der Waals surface area (Å²) in [7, 11) is 3.68. The summed E-state index contributed by atoms with van der Waals surface area (Å²) in [6.07, 6.45) is 1.74. The second-order valence-corrected chi connectivity index (χ2v) is 12.0. The number of rotatable bonds is 6. The zero-order valence-corrected chi connectivity index (χ0v) is 22.3. The molecule has 3 aromatic rings. The molecule has 2 amide bonds. The van der Waals surface area contributed by atoms with Crippen LogP contribution < -0.4 is 10.1 Å². The Balaban J connectivity index is 1.56. The van der Waals surface area contributed by atoms with E-state index in [9.17, 15) is 9.59 Å². The lowest BCUT2D eigenvalue weighted by molar-refractivity contribution is 0.0245. The van der Waals surface area contributed by atoms with Crippen molar-refractivity contribution < 1.29 is 14.3 Å². The Labute approximate surface area is 212 Å². The Kier molecular flexibility index (Phi) is 7.32. The Hall–Kier alpha value is -2.40. The molecule has 0 spiro atoms. The first-order valence-electron chi connectivity index (χ1n) is 10.8. The average molecular weight is 517 g/mol. The molecule has 3 heterocycles. The van der Waals surface area contributed by atoms with Gasteiger partial charge in [0.25, 0.3) is 11.8 Å². The number of thiophene rings is 1. The van der Waals surface area contributed by atoms with Gasteiger partial charge in [-0.05, 0) is 57.0 Å². The van der Waals surface area contributed by atoms with Crippen molar-refractivity contribution in [3.8, 4) is 5.75 Å². The van der Waals surface area contributed by atoms with Gasteiger partial charge in [-0.25, -0.2) is 4.98 Å². The van der Waals surface area contributed by atoms with E-state index in [2.05, 4.69) is 36.1 Å². The molecule has 1 aliphatic rings. The number of aryl methyl sites for hydroxylation is 1. The molecule has 0 aliphatic carbocycles. The van der Waals surface area contributed by atoms with Crippen LogP contribution in [0, 0.1) is 6.92 Å². The molecule has 1 aliphatic heterocycles. The van der Waals surface area contributed by atoms with E-state index in [1.54, 1.807) is 24.8 Å². The van der Waals surface area contributed by atoms with Crippen molar-refractivity contribution in [2.75, 3.05) is 39.1 Å². The minimum Gasteiger partial charge on any atom is -0.496 e. The second kappa shape index (κ2) is 10.1. The smallest absolute Gasteiger partial charge is 0.258 e. The first-order chi connectivity index (χ1) is 16.2. The van der Waals surface area contributed by atoms with Gasteiger partial charge in [-0.15, -0.1) is 0 Å². The van der Waals surface area contributed by atoms with Crippen molar-refractivity contribution in [3.63, 3.8) is 0 Å². The summed E-state index contributed by atoms with van der Waals surface area (Å²) < 4.78 is 6.52. The van der Waals surface area contributed by atoms with Gasteiger partial charge in [0, 0.05) is 29.9 Å². The maximum absolute atomic E-state index is 13.6. The Morgan fingerprint density at radius 1 is 1.26 bits per heavy atom. The number of benzene rings is 1. The van der Waals surface area contributed by atoms with E-state index in [0.29, 0.717) is 28.6 Å². The molecule has 1 saturated heterocycles. The van der Waals surface area contributed by atoms with Crippen LogP contribution in [0.25, 0.3) is 0 Å². The number of anilines is 1. The average Bonchev–Trinajstić information content (AvgIpc) is 3.46. The fourth-order valence-electron chi connectivity index (χ4n) is 4.06. The molecule has 1 fully saturated rings. The molecular weight excluding hydrogens is 488 g/mol. The number of methoxy groups -OCH3 is 1. The Morgan fingerprint density at radius 2 is 2.06 bits per heavy atom. The van der Waals surface area contributed by atoms with E-state index >= 15 is 0 Å². The monoisotopic (exact) mass is 516 g/mol. The van der Waals surface area contributed by atoms with Crippen LogP contribution in [0.4, 0.5) is 5.13 Å². The third kappa shape index (κ3) is 5.30. The van der Waals surface area contributed by atoms with Gasteiger partial charge >= 0.3 is 0 Å². The van der Waals surface area contributed by atoms with E-state index in [1.165, 1.54) is 34.4 Å². The summed E-state index contributed by atoms with van der Waals surface area (Å²) >= 11 is 4.41. The van der Waals surface area contributed by atoms with Crippen LogP contribution in [0.15, 0.2) is 44.3 Å². The van der Waals surface area contributed by atoms with Crippen LogP contribution in [0.3, 0.4) is 0 Å². The third-order valence-electron chi connectivity index (χ3n) is 5.76. The normalized spacial score (nSPS) is 15.9. The van der Waals surface area contributed by atoms with Crippen molar-refractivity contribution in [2.45, 2.75) is 35.4 Å². The molecule has 0 atom stereocenters. The number of carbonyl (C=O) groups excluding carboxylic acids is 2. The van der Waals surface area contributed by atoms with Gasteiger partial charge in [0.15, 0.2) is 5.13 Å². The molecule has 0 radical (unpaired) electrons. The first kappa shape index (κ1) is 24.7. The highest BCUT2D eigenvalue weighted by atomic mass is 32.2. The van der Waals surface area contributed by atoms with Crippen molar-refractivity contribution in [2.24, 2.45) is 0 Å². The van der Waals surface area contributed by atoms with E-state index in [0.717, 1.165) is 27.8 Å². The van der Waals surface area contributed by atoms with Gasteiger partial charge in [0.2, 0.25) is 0 Å². The molecule has 7 nitrogen and oxygen atoms in total. The first-order valence-corrected chi connectivity index (χ1v) is 13.4. The van der Waals surface area contributed by atoms with Crippen LogP contribution in [-0.4, -0.2) is 65.9 Å². The SMILES string of the molecule is COc1cc(C)c(Sc2cnc(NC(=O)c3ccsc3)s2)cc1C(=O)N1CCN(C)CC1(C)C. The summed E-state index contributed by atoms with van der Waals surface area (Å²) in [5, 5.41) is 7.06. The summed E-state index contributed by atoms with van der Waals surface area (Å²) in [5.41, 5.74) is 1.91. The van der Waals surface area contributed by atoms with E-state index < -0.39 is 0 Å². The van der Waals surface area contributed by atoms with Crippen molar-refractivity contribution in [3.05, 3.63) is 51.8 Å². The second-order valence-electron chi connectivity index (χ2n) is 8.88. The lowest BCUT2D eigenvalue weighted by Gasteiger charge is -2.46. The third-order valence-corrected chi connectivity index (χ3v) is 8.62. The molecule has 0 bridgehead atoms. The number of ether oxygens (including phenoxy) is 1. The molecule has 1 N–H and O–H groups in total. The van der Waals surface area contributed by atoms with Gasteiger partial charge in [0.05, 0.1) is 34.2 Å². The fraction of sp³-hybridized carbons (Fsp3) is 0.375. The lowest BCUT2D eigenvalue weighted by Crippen LogP contribution is -2.60. The predicted octanol–water partition coefficient (Wildman–Crippen LogP) is 5.09. The maximum Gasteiger partial charge on any atom is 0.258 e. The predicted molar refractivity (Wildman–Crippen MR) is 139 cm³/mol. The maximum atomic E-state index is 13.6. The summed E-state index contributed by atoms with van der Waals surface area (Å²) in [6, 6.07) is 5.61. The number of nitrogens with one attached hydrogen (secondary N) is 1. The number of carbonyl (C=O) groups is 2. The molecule has 0 unspecified atom stereocenters. The molecular formula is C24H28N4O3S3. The van der Waals surface area contributed by atoms with Gasteiger partial charge in [-0.3, -0.25) is 14.9 Å². The summed E-state index contributed by atoms with van der Waals surface area (Å²) in [6.45, 7) is 8.52. The standard InChI is InChI=1S/C24H28N4O3S3/c1-15-10-18(31-5)17(22(30)28-8-7-27(4)14-24(28,2)3)11-19(15)33-20-12-25-23(34-20)26-21(29)16-6-9-32-13-16/h6,9-13H,7-8,14H2,1-5H3,(H,25,26,29). The van der Waals surface area contributed by atoms with Crippen LogP contribution in [0.5, 0.6) is 5.75 Å². The largest absolute Gasteiger partial charge is 0.496 e. The van der Waals surface area contributed by atoms with Crippen LogP contribution in [0.1, 0.15) is 40.1 Å². The van der Waals surface area contributed by atoms with E-state index in [4.69, 9.17) is 4.74 Å². The number of hydrogen-bond donors (Lipinski definition) is 1. The van der Waals surface area contributed by atoms with Gasteiger partial charge in [-0.1, -0.05) is 23.1 Å². The summed E-state index contributed by atoms with van der Waals surface area (Å²) in [4.78, 5) is 35.4. The van der Waals surface area contributed by atoms with Crippen LogP contribution in [0.2, 0.25) is 0 Å². The van der Waals surface area contributed by atoms with E-state index in [-0.39, 0.29) is 17.4 Å². The van der Waals surface area contributed by atoms with Gasteiger partial charge in [0.1, 0.15) is 5.75 Å². The number of piperazine rings is 1. The Morgan fingerprint density at radius 3 is 2.74 bits per heavy atom. The molecule has 180 valence electrons. The topological polar surface area (TPSA) is 74.8 Å². The number of aromatic nitrogens is 1. The highest BCUT2D eigenvalue weighted by Gasteiger charge is 2.37. The highest BCUT2D eigenvalue weighted by molar-refractivity contribution is 8.01. The van der Waals surface area contributed by atoms with Crippen LogP contribution in [-0.2, 0) is 0 Å². The van der Waals surface area contributed by atoms with Gasteiger partial charge in [-0.2, -0.15) is 11.3 Å². The lowest BCUT2D eigenvalue weighted by atomic mass is 9.97. The Bertz CT molecular complexity index is 1190. The van der Waals surface area contributed by atoms with Gasteiger partial charge < -0.3 is 14.5 Å². The molecule has 2 aromatic heterocycles. The minimum atomic E-state index is -0.277. The molecule has 1 aromatic carbocycles. The summed E-state index contributed by atoms with van der Waals surface area (Å²) in [5.74, 6) is 0.384. The molecule has 0 saturated carbocycles. The highest BCUT2D eigenvalue weighted by Crippen LogP contribution is 2.39. The molecule has 34 heavy (non-hydrogen) atoms. The fourth-order valence-corrected chi connectivity index (χ4v) is 6.64. The minimum absolute atomic E-state index is 0.0233. The van der Waals surface area contributed by atoms with E-state index in [1.807, 2.05) is 29.3 Å². The number of hydrogen-bond acceptors (Lipinski definition) is 8. The van der Waals surface area contributed by atoms with Crippen molar-refractivity contribution >= 4 is 51.4 Å². The van der Waals surface area contributed by atoms with Crippen molar-refractivity contribution in [1.29, 1.82) is 0 Å². The number of amides is 2. The molecule has 10 heteroatoms. The zero-order chi connectivity index (χ0) is 24.5. The number of nitrogens with zero attached hydrogens (tertiary/aromatic N) is 3. The zero-order valence-electron chi connectivity index (χ0n) is 19.9. The van der Waals surface area contributed by atoms with Crippen LogP contribution >= 0.6 is 34.4 Å². The van der Waals surface area contributed by atoms with Crippen molar-refractivity contribution in [1.82, 2.24) is 14.8 Å².